The first-order valence-electron chi connectivity index (χ1n) is 9.29. The molecule has 0 fully saturated rings. The molecule has 3 atom stereocenters. The van der Waals surface area contributed by atoms with Crippen LogP contribution in [-0.4, -0.2) is 24.3 Å². The van der Waals surface area contributed by atoms with Crippen molar-refractivity contribution in [2.45, 2.75) is 79.2 Å². The molecule has 0 heterocycles. The Kier molecular flexibility index (Phi) is 5.64. The summed E-state index contributed by atoms with van der Waals surface area (Å²) in [6.07, 6.45) is 7.42. The molecule has 0 aromatic carbocycles. The molecular weight excluding hydrogens is 300 g/mol. The highest BCUT2D eigenvalue weighted by Gasteiger charge is 2.48. The van der Waals surface area contributed by atoms with Crippen LogP contribution in [0.15, 0.2) is 22.8 Å². The van der Waals surface area contributed by atoms with Crippen molar-refractivity contribution in [3.8, 4) is 0 Å². The zero-order valence-electron chi connectivity index (χ0n) is 16.2. The summed E-state index contributed by atoms with van der Waals surface area (Å²) in [6, 6.07) is 0. The Morgan fingerprint density at radius 1 is 1.33 bits per heavy atom. The second kappa shape index (κ2) is 7.03. The molecule has 0 radical (unpaired) electrons. The van der Waals surface area contributed by atoms with Gasteiger partial charge in [0.15, 0.2) is 0 Å². The number of hydrogen-bond donors (Lipinski definition) is 1. The molecule has 0 aromatic heterocycles. The molecule has 0 amide bonds. The van der Waals surface area contributed by atoms with Gasteiger partial charge < -0.3 is 9.84 Å². The van der Waals surface area contributed by atoms with Crippen LogP contribution in [0.2, 0.25) is 0 Å². The number of esters is 1. The van der Waals surface area contributed by atoms with Gasteiger partial charge in [0.25, 0.3) is 0 Å². The number of carbonyl (C=O) groups excluding carboxylic acids is 1. The highest BCUT2D eigenvalue weighted by Crippen LogP contribution is 2.56. The first-order valence-corrected chi connectivity index (χ1v) is 9.29. The number of methoxy groups -OCH3 is 1. The number of hydrogen-bond acceptors (Lipinski definition) is 3. The number of aliphatic hydroxyl groups excluding tert-OH is 1. The van der Waals surface area contributed by atoms with Gasteiger partial charge in [-0.05, 0) is 56.8 Å². The van der Waals surface area contributed by atoms with E-state index in [1.807, 2.05) is 6.92 Å². The van der Waals surface area contributed by atoms with Crippen molar-refractivity contribution in [2.75, 3.05) is 7.11 Å². The third-order valence-corrected chi connectivity index (χ3v) is 6.68. The molecule has 2 rings (SSSR count). The van der Waals surface area contributed by atoms with Gasteiger partial charge in [-0.2, -0.15) is 0 Å². The van der Waals surface area contributed by atoms with Crippen LogP contribution >= 0.6 is 0 Å². The van der Waals surface area contributed by atoms with Gasteiger partial charge in [-0.25, -0.2) is 4.79 Å². The lowest BCUT2D eigenvalue weighted by atomic mass is 9.54. The number of rotatable bonds is 4. The molecule has 0 saturated heterocycles. The van der Waals surface area contributed by atoms with Crippen LogP contribution < -0.4 is 0 Å². The van der Waals surface area contributed by atoms with Crippen LogP contribution in [-0.2, 0) is 9.53 Å². The van der Waals surface area contributed by atoms with Gasteiger partial charge in [0, 0.05) is 11.5 Å². The third-order valence-electron chi connectivity index (χ3n) is 6.68. The minimum absolute atomic E-state index is 0.198. The summed E-state index contributed by atoms with van der Waals surface area (Å²) in [5.74, 6) is 0.103. The predicted octanol–water partition coefficient (Wildman–Crippen LogP) is 4.80. The van der Waals surface area contributed by atoms with Gasteiger partial charge in [-0.1, -0.05) is 44.4 Å². The fourth-order valence-electron chi connectivity index (χ4n) is 4.82. The number of ether oxygens (including phenoxy) is 1. The molecule has 2 aliphatic rings. The highest BCUT2D eigenvalue weighted by molar-refractivity contribution is 5.82. The lowest BCUT2D eigenvalue weighted by Crippen LogP contribution is -2.45. The van der Waals surface area contributed by atoms with E-state index in [9.17, 15) is 9.90 Å². The number of aliphatic hydroxyl groups is 1. The van der Waals surface area contributed by atoms with Crippen molar-refractivity contribution >= 4 is 5.97 Å². The Morgan fingerprint density at radius 3 is 2.62 bits per heavy atom. The van der Waals surface area contributed by atoms with Crippen molar-refractivity contribution in [3.63, 3.8) is 0 Å². The van der Waals surface area contributed by atoms with Crippen LogP contribution in [0.25, 0.3) is 0 Å². The van der Waals surface area contributed by atoms with Gasteiger partial charge in [-0.3, -0.25) is 0 Å². The average Bonchev–Trinajstić information content (AvgIpc) is 2.50. The van der Waals surface area contributed by atoms with E-state index in [0.29, 0.717) is 12.3 Å². The minimum atomic E-state index is -0.465. The van der Waals surface area contributed by atoms with Crippen molar-refractivity contribution in [1.82, 2.24) is 0 Å². The van der Waals surface area contributed by atoms with E-state index < -0.39 is 6.10 Å². The Balaban J connectivity index is 2.34. The maximum Gasteiger partial charge on any atom is 0.330 e. The first kappa shape index (κ1) is 19.2. The summed E-state index contributed by atoms with van der Waals surface area (Å²) >= 11 is 0. The van der Waals surface area contributed by atoms with Gasteiger partial charge >= 0.3 is 5.97 Å². The molecule has 0 aliphatic heterocycles. The standard InChI is InChI=1S/C21H34O3/c1-14(13-19(23)24-6)12-18(22)21(5)15(2)9-10-16-17(21)8-7-11-20(16,3)4/h13,15,18,22H,7-12H2,1-6H3/b14-13+/t15-,18+,21+/m1/s1. The van der Waals surface area contributed by atoms with Crippen molar-refractivity contribution in [1.29, 1.82) is 0 Å². The minimum Gasteiger partial charge on any atom is -0.466 e. The van der Waals surface area contributed by atoms with E-state index in [4.69, 9.17) is 4.74 Å². The van der Waals surface area contributed by atoms with Gasteiger partial charge in [0.2, 0.25) is 0 Å². The molecule has 2 aliphatic carbocycles. The summed E-state index contributed by atoms with van der Waals surface area (Å²) in [4.78, 5) is 11.4. The van der Waals surface area contributed by atoms with E-state index in [1.165, 1.54) is 38.0 Å². The zero-order chi connectivity index (χ0) is 18.1. The van der Waals surface area contributed by atoms with Crippen molar-refractivity contribution in [3.05, 3.63) is 22.8 Å². The topological polar surface area (TPSA) is 46.5 Å². The Hall–Kier alpha value is -1.09. The molecular formula is C21H34O3. The normalized spacial score (nSPS) is 31.5. The van der Waals surface area contributed by atoms with Crippen molar-refractivity contribution < 1.29 is 14.6 Å². The molecule has 0 spiro atoms. The second-order valence-electron chi connectivity index (χ2n) is 8.65. The monoisotopic (exact) mass is 334 g/mol. The summed E-state index contributed by atoms with van der Waals surface area (Å²) in [7, 11) is 1.38. The lowest BCUT2D eigenvalue weighted by Gasteiger charge is -2.51. The first-order chi connectivity index (χ1) is 11.1. The predicted molar refractivity (Wildman–Crippen MR) is 97.6 cm³/mol. The van der Waals surface area contributed by atoms with Crippen LogP contribution in [0.1, 0.15) is 73.1 Å². The van der Waals surface area contributed by atoms with E-state index in [2.05, 4.69) is 27.7 Å². The Morgan fingerprint density at radius 2 is 2.00 bits per heavy atom. The molecule has 0 bridgehead atoms. The van der Waals surface area contributed by atoms with Crippen LogP contribution in [0.5, 0.6) is 0 Å². The fraction of sp³-hybridized carbons (Fsp3) is 0.762. The molecule has 0 saturated carbocycles. The SMILES string of the molecule is COC(=O)/C=C(\C)C[C@H](O)[C@]1(C)C2=C(CC[C@H]1C)C(C)(C)CCC2. The quantitative estimate of drug-likeness (QED) is 0.456. The Bertz CT molecular complexity index is 555. The van der Waals surface area contributed by atoms with E-state index in [-0.39, 0.29) is 16.8 Å². The second-order valence-corrected chi connectivity index (χ2v) is 8.65. The zero-order valence-corrected chi connectivity index (χ0v) is 16.2. The highest BCUT2D eigenvalue weighted by atomic mass is 16.5. The molecule has 0 aromatic rings. The third kappa shape index (κ3) is 3.46. The van der Waals surface area contributed by atoms with Crippen LogP contribution in [0, 0.1) is 16.7 Å². The fourth-order valence-corrected chi connectivity index (χ4v) is 4.82. The maximum absolute atomic E-state index is 11.4. The molecule has 3 nitrogen and oxygen atoms in total. The largest absolute Gasteiger partial charge is 0.466 e. The average molecular weight is 335 g/mol. The maximum atomic E-state index is 11.4. The number of carbonyl (C=O) groups is 1. The lowest BCUT2D eigenvalue weighted by molar-refractivity contribution is -0.134. The summed E-state index contributed by atoms with van der Waals surface area (Å²) < 4.78 is 4.70. The molecule has 1 N–H and O–H groups in total. The summed E-state index contributed by atoms with van der Waals surface area (Å²) in [5.41, 5.74) is 4.02. The summed E-state index contributed by atoms with van der Waals surface area (Å²) in [6.45, 7) is 11.1. The Labute approximate surface area is 147 Å². The molecule has 136 valence electrons. The van der Waals surface area contributed by atoms with Gasteiger partial charge in [0.05, 0.1) is 13.2 Å². The van der Waals surface area contributed by atoms with Crippen molar-refractivity contribution in [2.24, 2.45) is 16.7 Å². The van der Waals surface area contributed by atoms with E-state index in [0.717, 1.165) is 18.4 Å². The molecule has 0 unspecified atom stereocenters. The van der Waals surface area contributed by atoms with E-state index >= 15 is 0 Å². The van der Waals surface area contributed by atoms with Crippen LogP contribution in [0.3, 0.4) is 0 Å². The van der Waals surface area contributed by atoms with Gasteiger partial charge in [0.1, 0.15) is 0 Å². The van der Waals surface area contributed by atoms with E-state index in [1.54, 1.807) is 5.57 Å². The smallest absolute Gasteiger partial charge is 0.330 e. The van der Waals surface area contributed by atoms with Crippen LogP contribution in [0.4, 0.5) is 0 Å². The molecule has 3 heteroatoms. The van der Waals surface area contributed by atoms with Gasteiger partial charge in [-0.15, -0.1) is 0 Å². The number of allylic oxidation sites excluding steroid dienone is 1. The summed E-state index contributed by atoms with van der Waals surface area (Å²) in [5, 5.41) is 11.1. The molecule has 24 heavy (non-hydrogen) atoms.